The van der Waals surface area contributed by atoms with Crippen molar-refractivity contribution in [3.8, 4) is 0 Å². The van der Waals surface area contributed by atoms with Crippen molar-refractivity contribution in [3.63, 3.8) is 0 Å². The molecule has 1 aliphatic heterocycles. The molecule has 0 aromatic rings. The van der Waals surface area contributed by atoms with Gasteiger partial charge in [0.1, 0.15) is 0 Å². The molecule has 4 nitrogen and oxygen atoms in total. The smallest absolute Gasteiger partial charge is 0.271 e. The van der Waals surface area contributed by atoms with Gasteiger partial charge in [-0.3, -0.25) is 4.57 Å². The lowest BCUT2D eigenvalue weighted by Gasteiger charge is -2.44. The van der Waals surface area contributed by atoms with Gasteiger partial charge in [-0.15, -0.1) is 23.2 Å². The molecule has 2 N–H and O–H groups in total. The Labute approximate surface area is 119 Å². The SMILES string of the molecule is O=[P@@]1(N(CCCl)CCCl)NC[C@H]2CCCC[C@@H]2N1. The molecule has 1 saturated heterocycles. The minimum absolute atomic E-state index is 0.388. The first kappa shape index (κ1) is 15.1. The first-order valence-electron chi connectivity index (χ1n) is 6.70. The Morgan fingerprint density at radius 2 is 1.83 bits per heavy atom. The minimum Gasteiger partial charge on any atom is -0.271 e. The quantitative estimate of drug-likeness (QED) is 0.605. The summed E-state index contributed by atoms with van der Waals surface area (Å²) in [6.45, 7) is 2.04. The fourth-order valence-corrected chi connectivity index (χ4v) is 6.04. The maximum Gasteiger partial charge on any atom is 0.281 e. The van der Waals surface area contributed by atoms with Crippen LogP contribution in [0.3, 0.4) is 0 Å². The van der Waals surface area contributed by atoms with E-state index < -0.39 is 7.59 Å². The molecule has 1 heterocycles. The van der Waals surface area contributed by atoms with E-state index in [1.807, 2.05) is 4.67 Å². The fourth-order valence-electron chi connectivity index (χ4n) is 2.90. The van der Waals surface area contributed by atoms with Gasteiger partial charge in [-0.2, -0.15) is 0 Å². The third-order valence-corrected chi connectivity index (χ3v) is 6.73. The lowest BCUT2D eigenvalue weighted by Crippen LogP contribution is -2.52. The van der Waals surface area contributed by atoms with Crippen LogP contribution in [-0.2, 0) is 4.57 Å². The van der Waals surface area contributed by atoms with Crippen LogP contribution in [0.4, 0.5) is 0 Å². The first-order valence-corrected chi connectivity index (χ1v) is 9.43. The summed E-state index contributed by atoms with van der Waals surface area (Å²) >= 11 is 11.6. The number of nitrogens with one attached hydrogen (secondary N) is 2. The highest BCUT2D eigenvalue weighted by atomic mass is 35.5. The molecule has 2 rings (SSSR count). The number of hydrogen-bond acceptors (Lipinski definition) is 1. The number of alkyl halides is 2. The van der Waals surface area contributed by atoms with Crippen LogP contribution in [0.2, 0.25) is 0 Å². The van der Waals surface area contributed by atoms with E-state index in [1.165, 1.54) is 19.3 Å². The maximum absolute atomic E-state index is 13.0. The van der Waals surface area contributed by atoms with Crippen LogP contribution in [-0.4, -0.2) is 42.1 Å². The molecule has 1 aliphatic carbocycles. The summed E-state index contributed by atoms with van der Waals surface area (Å²) in [6.07, 6.45) is 4.89. The zero-order valence-electron chi connectivity index (χ0n) is 10.6. The Balaban J connectivity index is 2.03. The summed E-state index contributed by atoms with van der Waals surface area (Å²) in [5.74, 6) is 1.56. The summed E-state index contributed by atoms with van der Waals surface area (Å²) in [7, 11) is -2.68. The molecule has 1 saturated carbocycles. The zero-order valence-corrected chi connectivity index (χ0v) is 13.0. The van der Waals surface area contributed by atoms with E-state index in [-0.39, 0.29) is 0 Å². The monoisotopic (exact) mass is 313 g/mol. The summed E-state index contributed by atoms with van der Waals surface area (Å²) in [6, 6.07) is 0.388. The average Bonchev–Trinajstić information content (AvgIpc) is 2.38. The predicted molar refractivity (Wildman–Crippen MR) is 77.5 cm³/mol. The van der Waals surface area contributed by atoms with E-state index in [2.05, 4.69) is 10.2 Å². The molecule has 3 atom stereocenters. The van der Waals surface area contributed by atoms with Crippen LogP contribution in [0.15, 0.2) is 0 Å². The fraction of sp³-hybridized carbons (Fsp3) is 1.00. The number of halogens is 2. The molecular weight excluding hydrogens is 292 g/mol. The van der Waals surface area contributed by atoms with Crippen molar-refractivity contribution in [2.75, 3.05) is 31.4 Å². The Kier molecular flexibility index (Phi) is 5.80. The van der Waals surface area contributed by atoms with Gasteiger partial charge in [0.2, 0.25) is 0 Å². The highest BCUT2D eigenvalue weighted by molar-refractivity contribution is 7.57. The van der Waals surface area contributed by atoms with Gasteiger partial charge in [0.05, 0.1) is 0 Å². The van der Waals surface area contributed by atoms with Crippen molar-refractivity contribution in [3.05, 3.63) is 0 Å². The van der Waals surface area contributed by atoms with E-state index in [0.717, 1.165) is 13.0 Å². The maximum atomic E-state index is 13.0. The zero-order chi connectivity index (χ0) is 13.0. The lowest BCUT2D eigenvalue weighted by molar-refractivity contribution is 0.258. The molecule has 0 bridgehead atoms. The van der Waals surface area contributed by atoms with Crippen LogP contribution in [0.25, 0.3) is 0 Å². The standard InChI is InChI=1S/C11H22Cl2N3OP/c12-5-7-16(8-6-13)18(17)14-9-10-3-1-2-4-11(10)15-18/h10-11H,1-9H2,(H2,14,15,17)/t10-,11+,18+/m1/s1. The molecule has 0 unspecified atom stereocenters. The first-order chi connectivity index (χ1) is 8.69. The van der Waals surface area contributed by atoms with Crippen LogP contribution in [0.1, 0.15) is 25.7 Å². The second kappa shape index (κ2) is 6.92. The second-order valence-electron chi connectivity index (χ2n) is 5.05. The molecule has 2 aliphatic rings. The highest BCUT2D eigenvalue weighted by Gasteiger charge is 2.40. The summed E-state index contributed by atoms with van der Waals surface area (Å²) < 4.78 is 14.8. The summed E-state index contributed by atoms with van der Waals surface area (Å²) in [5, 5.41) is 6.57. The molecule has 106 valence electrons. The molecular formula is C11H22Cl2N3OP. The lowest BCUT2D eigenvalue weighted by atomic mass is 9.85. The number of rotatable bonds is 5. The molecule has 0 aromatic heterocycles. The van der Waals surface area contributed by atoms with E-state index in [4.69, 9.17) is 23.2 Å². The molecule has 7 heteroatoms. The Morgan fingerprint density at radius 3 is 2.50 bits per heavy atom. The van der Waals surface area contributed by atoms with Crippen molar-refractivity contribution in [1.82, 2.24) is 14.8 Å². The molecule has 0 spiro atoms. The van der Waals surface area contributed by atoms with Crippen molar-refractivity contribution in [1.29, 1.82) is 0 Å². The predicted octanol–water partition coefficient (Wildman–Crippen LogP) is 2.63. The largest absolute Gasteiger partial charge is 0.281 e. The normalized spacial score (nSPS) is 36.6. The third kappa shape index (κ3) is 3.41. The van der Waals surface area contributed by atoms with Crippen molar-refractivity contribution < 1.29 is 4.57 Å². The topological polar surface area (TPSA) is 44.4 Å². The third-order valence-electron chi connectivity index (χ3n) is 3.90. The number of hydrogen-bond donors (Lipinski definition) is 2. The van der Waals surface area contributed by atoms with Gasteiger partial charge in [-0.05, 0) is 18.8 Å². The van der Waals surface area contributed by atoms with Crippen molar-refractivity contribution >= 4 is 30.8 Å². The Hall–Kier alpha value is 0.690. The van der Waals surface area contributed by atoms with Gasteiger partial charge in [0, 0.05) is 37.4 Å². The van der Waals surface area contributed by atoms with Crippen LogP contribution < -0.4 is 10.2 Å². The van der Waals surface area contributed by atoms with Crippen molar-refractivity contribution in [2.45, 2.75) is 31.7 Å². The van der Waals surface area contributed by atoms with Gasteiger partial charge in [-0.25, -0.2) is 14.8 Å². The summed E-state index contributed by atoms with van der Waals surface area (Å²) in [5.41, 5.74) is 0. The molecule has 0 aromatic carbocycles. The molecule has 0 amide bonds. The van der Waals surface area contributed by atoms with E-state index >= 15 is 0 Å². The Bertz CT molecular complexity index is 313. The highest BCUT2D eigenvalue weighted by Crippen LogP contribution is 2.46. The Morgan fingerprint density at radius 1 is 1.17 bits per heavy atom. The van der Waals surface area contributed by atoms with E-state index in [9.17, 15) is 4.57 Å². The molecule has 18 heavy (non-hydrogen) atoms. The second-order valence-corrected chi connectivity index (χ2v) is 8.10. The average molecular weight is 314 g/mol. The van der Waals surface area contributed by atoms with Crippen LogP contribution in [0, 0.1) is 5.92 Å². The number of fused-ring (bicyclic) bond motifs is 1. The van der Waals surface area contributed by atoms with Gasteiger partial charge in [-0.1, -0.05) is 12.8 Å². The van der Waals surface area contributed by atoms with Crippen molar-refractivity contribution in [2.24, 2.45) is 5.92 Å². The van der Waals surface area contributed by atoms with Gasteiger partial charge in [0.25, 0.3) is 7.59 Å². The van der Waals surface area contributed by atoms with Crippen LogP contribution in [0.5, 0.6) is 0 Å². The van der Waals surface area contributed by atoms with E-state index in [0.29, 0.717) is 36.8 Å². The molecule has 2 fully saturated rings. The van der Waals surface area contributed by atoms with E-state index in [1.54, 1.807) is 0 Å². The van der Waals surface area contributed by atoms with Gasteiger partial charge >= 0.3 is 0 Å². The minimum atomic E-state index is -2.68. The van der Waals surface area contributed by atoms with Gasteiger partial charge < -0.3 is 0 Å². The van der Waals surface area contributed by atoms with Crippen LogP contribution >= 0.6 is 30.8 Å². The summed E-state index contributed by atoms with van der Waals surface area (Å²) in [4.78, 5) is 0. The van der Waals surface area contributed by atoms with Gasteiger partial charge in [0.15, 0.2) is 0 Å². The number of nitrogens with zero attached hydrogens (tertiary/aromatic N) is 1. The molecule has 0 radical (unpaired) electrons.